The fraction of sp³-hybridized carbons (Fsp3) is 0.667. The van der Waals surface area contributed by atoms with Crippen LogP contribution in [0.5, 0.6) is 0 Å². The van der Waals surface area contributed by atoms with Gasteiger partial charge in [0.15, 0.2) is 0 Å². The number of likely N-dealkylation sites (tertiary alicyclic amines) is 1. The predicted molar refractivity (Wildman–Crippen MR) is 96.7 cm³/mol. The number of hydrogen-bond donors (Lipinski definition) is 2. The van der Waals surface area contributed by atoms with Gasteiger partial charge in [0.05, 0.1) is 5.56 Å². The zero-order valence-corrected chi connectivity index (χ0v) is 15.4. The highest BCUT2D eigenvalue weighted by molar-refractivity contribution is 5.74. The van der Waals surface area contributed by atoms with Gasteiger partial charge >= 0.3 is 12.2 Å². The second-order valence-corrected chi connectivity index (χ2v) is 7.36. The van der Waals surface area contributed by atoms with Crippen molar-refractivity contribution >= 4 is 11.8 Å². The van der Waals surface area contributed by atoms with Gasteiger partial charge in [0.25, 0.3) is 0 Å². The molecule has 0 atom stereocenters. The number of halogens is 3. The highest BCUT2D eigenvalue weighted by Gasteiger charge is 2.31. The lowest BCUT2D eigenvalue weighted by Crippen LogP contribution is -2.52. The second kappa shape index (κ2) is 8.33. The van der Waals surface area contributed by atoms with Crippen LogP contribution in [-0.4, -0.2) is 61.2 Å². The molecule has 2 amide bonds. The van der Waals surface area contributed by atoms with Gasteiger partial charge in [-0.15, -0.1) is 0 Å². The van der Waals surface area contributed by atoms with E-state index in [4.69, 9.17) is 0 Å². The molecule has 3 rings (SSSR count). The summed E-state index contributed by atoms with van der Waals surface area (Å²) >= 11 is 0. The summed E-state index contributed by atoms with van der Waals surface area (Å²) in [4.78, 5) is 20.3. The number of aromatic nitrogens is 1. The first-order chi connectivity index (χ1) is 12.8. The molecule has 1 aromatic heterocycles. The number of carbonyl (C=O) groups is 1. The third kappa shape index (κ3) is 5.47. The Labute approximate surface area is 157 Å². The number of urea groups is 1. The molecule has 3 heterocycles. The molecule has 0 unspecified atom stereocenters. The van der Waals surface area contributed by atoms with Gasteiger partial charge < -0.3 is 20.4 Å². The number of rotatable bonds is 3. The van der Waals surface area contributed by atoms with Crippen LogP contribution in [0.3, 0.4) is 0 Å². The largest absolute Gasteiger partial charge is 0.417 e. The first-order valence-electron chi connectivity index (χ1n) is 9.35. The van der Waals surface area contributed by atoms with Gasteiger partial charge in [-0.05, 0) is 58.0 Å². The van der Waals surface area contributed by atoms with E-state index in [-0.39, 0.29) is 18.1 Å². The summed E-state index contributed by atoms with van der Waals surface area (Å²) in [5, 5.41) is 6.06. The molecule has 150 valence electrons. The van der Waals surface area contributed by atoms with Crippen molar-refractivity contribution in [2.75, 3.05) is 38.1 Å². The van der Waals surface area contributed by atoms with Crippen molar-refractivity contribution in [2.24, 2.45) is 0 Å². The van der Waals surface area contributed by atoms with E-state index in [0.717, 1.165) is 51.0 Å². The maximum atomic E-state index is 12.6. The van der Waals surface area contributed by atoms with E-state index in [1.54, 1.807) is 0 Å². The van der Waals surface area contributed by atoms with Gasteiger partial charge in [-0.3, -0.25) is 0 Å². The Morgan fingerprint density at radius 2 is 1.59 bits per heavy atom. The van der Waals surface area contributed by atoms with E-state index in [0.29, 0.717) is 18.9 Å². The van der Waals surface area contributed by atoms with Crippen LogP contribution in [0.15, 0.2) is 18.3 Å². The van der Waals surface area contributed by atoms with Gasteiger partial charge in [0.1, 0.15) is 5.82 Å². The Balaban J connectivity index is 1.42. The fourth-order valence-electron chi connectivity index (χ4n) is 3.56. The minimum atomic E-state index is -4.37. The van der Waals surface area contributed by atoms with Crippen LogP contribution in [0.25, 0.3) is 0 Å². The molecule has 9 heteroatoms. The topological polar surface area (TPSA) is 60.5 Å². The molecule has 0 aromatic carbocycles. The number of anilines is 1. The highest BCUT2D eigenvalue weighted by atomic mass is 19.4. The maximum Gasteiger partial charge on any atom is 0.417 e. The summed E-state index contributed by atoms with van der Waals surface area (Å²) in [6.45, 7) is 3.28. The molecule has 6 nitrogen and oxygen atoms in total. The number of piperidine rings is 2. The molecule has 2 aliphatic rings. The zero-order valence-electron chi connectivity index (χ0n) is 15.4. The summed E-state index contributed by atoms with van der Waals surface area (Å²) in [5.41, 5.74) is -0.742. The van der Waals surface area contributed by atoms with Crippen molar-refractivity contribution in [1.82, 2.24) is 20.5 Å². The number of nitrogens with zero attached hydrogens (tertiary/aromatic N) is 3. The summed E-state index contributed by atoms with van der Waals surface area (Å²) in [5.74, 6) is 0.539. The van der Waals surface area contributed by atoms with E-state index in [1.165, 1.54) is 6.07 Å². The normalized spacial score (nSPS) is 20.5. The van der Waals surface area contributed by atoms with Gasteiger partial charge in [-0.2, -0.15) is 13.2 Å². The van der Waals surface area contributed by atoms with Crippen LogP contribution in [0.1, 0.15) is 31.2 Å². The molecule has 0 aliphatic carbocycles. The van der Waals surface area contributed by atoms with Crippen molar-refractivity contribution in [2.45, 2.75) is 43.9 Å². The number of nitrogens with one attached hydrogen (secondary N) is 2. The molecule has 0 saturated carbocycles. The van der Waals surface area contributed by atoms with Gasteiger partial charge in [0, 0.05) is 31.4 Å². The average Bonchev–Trinajstić information content (AvgIpc) is 2.64. The molecule has 2 aliphatic heterocycles. The number of amides is 2. The fourth-order valence-corrected chi connectivity index (χ4v) is 3.56. The van der Waals surface area contributed by atoms with Crippen molar-refractivity contribution in [3.05, 3.63) is 23.9 Å². The molecule has 0 spiro atoms. The van der Waals surface area contributed by atoms with Crippen molar-refractivity contribution in [1.29, 1.82) is 0 Å². The molecule has 27 heavy (non-hydrogen) atoms. The Bertz CT molecular complexity index is 621. The average molecular weight is 385 g/mol. The molecule has 1 aromatic rings. The lowest BCUT2D eigenvalue weighted by molar-refractivity contribution is -0.137. The standard InChI is InChI=1S/C18H26F3N5O/c1-25-8-4-14(5-9-25)23-17(27)24-15-6-10-26(11-7-15)16-3-2-13(12-22-16)18(19,20)21/h2-3,12,14-15H,4-11H2,1H3,(H2,23,24,27). The molecule has 2 fully saturated rings. The smallest absolute Gasteiger partial charge is 0.356 e. The highest BCUT2D eigenvalue weighted by Crippen LogP contribution is 2.29. The van der Waals surface area contributed by atoms with Crippen LogP contribution in [0.2, 0.25) is 0 Å². The molecule has 2 N–H and O–H groups in total. The Morgan fingerprint density at radius 1 is 1.04 bits per heavy atom. The van der Waals surface area contributed by atoms with Crippen LogP contribution < -0.4 is 15.5 Å². The third-order valence-electron chi connectivity index (χ3n) is 5.28. The Morgan fingerprint density at radius 3 is 2.07 bits per heavy atom. The SMILES string of the molecule is CN1CCC(NC(=O)NC2CCN(c3ccc(C(F)(F)F)cn3)CC2)CC1. The van der Waals surface area contributed by atoms with Crippen LogP contribution in [-0.2, 0) is 6.18 Å². The van der Waals surface area contributed by atoms with Crippen molar-refractivity contribution in [3.8, 4) is 0 Å². The van der Waals surface area contributed by atoms with Crippen LogP contribution >= 0.6 is 0 Å². The predicted octanol–water partition coefficient (Wildman–Crippen LogP) is 2.46. The first-order valence-corrected chi connectivity index (χ1v) is 9.35. The minimum absolute atomic E-state index is 0.0713. The van der Waals surface area contributed by atoms with Crippen molar-refractivity contribution in [3.63, 3.8) is 0 Å². The molecular formula is C18H26F3N5O. The summed E-state index contributed by atoms with van der Waals surface area (Å²) < 4.78 is 37.9. The van der Waals surface area contributed by atoms with E-state index in [1.807, 2.05) is 4.90 Å². The Kier molecular flexibility index (Phi) is 6.08. The van der Waals surface area contributed by atoms with Gasteiger partial charge in [-0.25, -0.2) is 9.78 Å². The number of alkyl halides is 3. The van der Waals surface area contributed by atoms with E-state index >= 15 is 0 Å². The molecule has 0 radical (unpaired) electrons. The first kappa shape index (κ1) is 19.7. The lowest BCUT2D eigenvalue weighted by Gasteiger charge is -2.34. The van der Waals surface area contributed by atoms with E-state index in [9.17, 15) is 18.0 Å². The molecule has 0 bridgehead atoms. The molecule has 2 saturated heterocycles. The third-order valence-corrected chi connectivity index (χ3v) is 5.28. The van der Waals surface area contributed by atoms with E-state index in [2.05, 4.69) is 27.6 Å². The zero-order chi connectivity index (χ0) is 19.4. The summed E-state index contributed by atoms with van der Waals surface area (Å²) in [7, 11) is 2.08. The second-order valence-electron chi connectivity index (χ2n) is 7.36. The number of carbonyl (C=O) groups excluding carboxylic acids is 1. The van der Waals surface area contributed by atoms with Gasteiger partial charge in [-0.1, -0.05) is 0 Å². The number of pyridine rings is 1. The monoisotopic (exact) mass is 385 g/mol. The quantitative estimate of drug-likeness (QED) is 0.839. The van der Waals surface area contributed by atoms with Crippen molar-refractivity contribution < 1.29 is 18.0 Å². The van der Waals surface area contributed by atoms with Crippen LogP contribution in [0, 0.1) is 0 Å². The van der Waals surface area contributed by atoms with Crippen LogP contribution in [0.4, 0.5) is 23.8 Å². The lowest BCUT2D eigenvalue weighted by atomic mass is 10.0. The number of hydrogen-bond acceptors (Lipinski definition) is 4. The van der Waals surface area contributed by atoms with E-state index < -0.39 is 11.7 Å². The maximum absolute atomic E-state index is 12.6. The summed E-state index contributed by atoms with van der Waals surface area (Å²) in [6.07, 6.45) is -0.102. The minimum Gasteiger partial charge on any atom is -0.356 e. The van der Waals surface area contributed by atoms with Gasteiger partial charge in [0.2, 0.25) is 0 Å². The summed E-state index contributed by atoms with van der Waals surface area (Å²) in [6, 6.07) is 2.63. The Hall–Kier alpha value is -2.03. The molecular weight excluding hydrogens is 359 g/mol.